The summed E-state index contributed by atoms with van der Waals surface area (Å²) in [4.78, 5) is 37.2. The number of hydrogen-bond donors (Lipinski definition) is 1. The number of cyclic esters (lactones) is 1. The molecule has 1 aliphatic heterocycles. The third-order valence-electron chi connectivity index (χ3n) is 4.29. The summed E-state index contributed by atoms with van der Waals surface area (Å²) in [6.07, 6.45) is -0.464. The summed E-state index contributed by atoms with van der Waals surface area (Å²) in [5.41, 5.74) is -0.440. The van der Waals surface area contributed by atoms with Gasteiger partial charge < -0.3 is 14.8 Å². The average Bonchev–Trinajstić information content (AvgIpc) is 2.86. The Balaban J connectivity index is 2.45. The molecule has 6 nitrogen and oxygen atoms in total. The van der Waals surface area contributed by atoms with Gasteiger partial charge in [0.2, 0.25) is 0 Å². The Morgan fingerprint density at radius 1 is 1.24 bits per heavy atom. The zero-order chi connectivity index (χ0) is 18.8. The van der Waals surface area contributed by atoms with Crippen LogP contribution in [-0.2, 0) is 19.1 Å². The fraction of sp³-hybridized carbons (Fsp3) is 0.526. The lowest BCUT2D eigenvalue weighted by atomic mass is 9.72. The summed E-state index contributed by atoms with van der Waals surface area (Å²) in [5, 5.41) is 2.72. The molecule has 1 N–H and O–H groups in total. The van der Waals surface area contributed by atoms with Crippen LogP contribution in [0.1, 0.15) is 51.3 Å². The summed E-state index contributed by atoms with van der Waals surface area (Å²) >= 11 is 0. The van der Waals surface area contributed by atoms with E-state index in [2.05, 4.69) is 5.32 Å². The molecule has 0 bridgehead atoms. The van der Waals surface area contributed by atoms with Crippen LogP contribution in [0.4, 0.5) is 4.79 Å². The molecule has 0 unspecified atom stereocenters. The highest BCUT2D eigenvalue weighted by Gasteiger charge is 2.56. The predicted octanol–water partition coefficient (Wildman–Crippen LogP) is 3.08. The van der Waals surface area contributed by atoms with Gasteiger partial charge >= 0.3 is 12.1 Å². The first kappa shape index (κ1) is 19.0. The molecule has 1 fully saturated rings. The lowest BCUT2D eigenvalue weighted by Gasteiger charge is -2.33. The van der Waals surface area contributed by atoms with Crippen LogP contribution in [-0.4, -0.2) is 30.1 Å². The number of aryl methyl sites for hydroxylation is 1. The number of nitrogens with one attached hydrogen (secondary N) is 1. The first-order valence-electron chi connectivity index (χ1n) is 8.30. The number of carbonyl (C=O) groups is 3. The number of carbonyl (C=O) groups excluding carboxylic acids is 3. The van der Waals surface area contributed by atoms with Gasteiger partial charge in [0.1, 0.15) is 11.4 Å². The Bertz CT molecular complexity index is 674. The highest BCUT2D eigenvalue weighted by molar-refractivity contribution is 6.05. The first-order chi connectivity index (χ1) is 11.6. The van der Waals surface area contributed by atoms with E-state index in [0.717, 1.165) is 5.56 Å². The van der Waals surface area contributed by atoms with Crippen LogP contribution in [0.5, 0.6) is 0 Å². The Kier molecular flexibility index (Phi) is 5.20. The van der Waals surface area contributed by atoms with Crippen LogP contribution < -0.4 is 5.32 Å². The molecule has 2 atom stereocenters. The smallest absolute Gasteiger partial charge is 0.408 e. The van der Waals surface area contributed by atoms with Crippen molar-refractivity contribution in [1.29, 1.82) is 0 Å². The molecular formula is C19H25NO5. The summed E-state index contributed by atoms with van der Waals surface area (Å²) in [6, 6.07) is 6.48. The Morgan fingerprint density at radius 2 is 1.84 bits per heavy atom. The van der Waals surface area contributed by atoms with E-state index in [1.807, 2.05) is 19.1 Å². The number of amides is 1. The van der Waals surface area contributed by atoms with Crippen molar-refractivity contribution in [2.45, 2.75) is 52.7 Å². The van der Waals surface area contributed by atoms with E-state index in [4.69, 9.17) is 9.47 Å². The van der Waals surface area contributed by atoms with Crippen LogP contribution in [0, 0.1) is 12.3 Å². The molecule has 0 aromatic heterocycles. The van der Waals surface area contributed by atoms with Crippen molar-refractivity contribution < 1.29 is 23.9 Å². The van der Waals surface area contributed by atoms with E-state index < -0.39 is 29.1 Å². The highest BCUT2D eigenvalue weighted by Crippen LogP contribution is 2.43. The minimum Gasteiger partial charge on any atom is -0.465 e. The van der Waals surface area contributed by atoms with Crippen LogP contribution in [0.2, 0.25) is 0 Å². The molecule has 0 radical (unpaired) electrons. The van der Waals surface area contributed by atoms with Gasteiger partial charge in [-0.1, -0.05) is 29.8 Å². The van der Waals surface area contributed by atoms with E-state index in [1.165, 1.54) is 6.92 Å². The normalized spacial score (nSPS) is 21.4. The number of esters is 1. The van der Waals surface area contributed by atoms with Crippen LogP contribution >= 0.6 is 0 Å². The number of benzene rings is 1. The molecule has 1 aromatic rings. The Morgan fingerprint density at radius 3 is 2.28 bits per heavy atom. The SMILES string of the molecule is CC(=O)[C@]1([C@@H](NC(=O)OC(C)(C)C)c2ccc(C)cc2)CCOC1=O. The maximum atomic E-state index is 12.5. The van der Waals surface area contributed by atoms with Gasteiger partial charge in [-0.25, -0.2) is 4.79 Å². The minimum atomic E-state index is -1.44. The molecule has 0 aliphatic carbocycles. The van der Waals surface area contributed by atoms with E-state index in [1.54, 1.807) is 32.9 Å². The van der Waals surface area contributed by atoms with Gasteiger partial charge in [-0.2, -0.15) is 0 Å². The quantitative estimate of drug-likeness (QED) is 0.668. The summed E-state index contributed by atoms with van der Waals surface area (Å²) < 4.78 is 10.4. The number of rotatable bonds is 4. The second kappa shape index (κ2) is 6.86. The van der Waals surface area contributed by atoms with Gasteiger partial charge in [0.15, 0.2) is 5.41 Å². The predicted molar refractivity (Wildman–Crippen MR) is 92.0 cm³/mol. The standard InChI is InChI=1S/C19H25NO5/c1-12-6-8-14(9-7-12)15(20-17(23)25-18(3,4)5)19(13(2)21)10-11-24-16(19)22/h6-9,15H,10-11H2,1-5H3,(H,20,23)/t15-,19-/m0/s1. The molecule has 1 aliphatic rings. The molecule has 1 saturated heterocycles. The van der Waals surface area contributed by atoms with Crippen molar-refractivity contribution in [2.75, 3.05) is 6.61 Å². The highest BCUT2D eigenvalue weighted by atomic mass is 16.6. The molecule has 0 spiro atoms. The number of Topliss-reactive ketones (excluding diaryl/α,β-unsaturated/α-hetero) is 1. The molecule has 1 aromatic carbocycles. The molecule has 0 saturated carbocycles. The van der Waals surface area contributed by atoms with Gasteiger partial charge in [-0.3, -0.25) is 9.59 Å². The van der Waals surface area contributed by atoms with Crippen molar-refractivity contribution in [2.24, 2.45) is 5.41 Å². The number of ketones is 1. The monoisotopic (exact) mass is 347 g/mol. The fourth-order valence-corrected chi connectivity index (χ4v) is 3.00. The summed E-state index contributed by atoms with van der Waals surface area (Å²) in [5.74, 6) is -0.946. The topological polar surface area (TPSA) is 81.7 Å². The van der Waals surface area contributed by atoms with Crippen LogP contribution in [0.25, 0.3) is 0 Å². The maximum absolute atomic E-state index is 12.5. The first-order valence-corrected chi connectivity index (χ1v) is 8.30. The van der Waals surface area contributed by atoms with Crippen LogP contribution in [0.15, 0.2) is 24.3 Å². The van der Waals surface area contributed by atoms with Crippen molar-refractivity contribution in [3.8, 4) is 0 Å². The summed E-state index contributed by atoms with van der Waals surface area (Å²) in [7, 11) is 0. The van der Waals surface area contributed by atoms with Crippen LogP contribution in [0.3, 0.4) is 0 Å². The van der Waals surface area contributed by atoms with Gasteiger partial charge in [-0.15, -0.1) is 0 Å². The second-order valence-corrected chi connectivity index (χ2v) is 7.40. The third kappa shape index (κ3) is 4.00. The zero-order valence-corrected chi connectivity index (χ0v) is 15.3. The molecule has 1 amide bonds. The number of alkyl carbamates (subject to hydrolysis) is 1. The number of ether oxygens (including phenoxy) is 2. The molecule has 136 valence electrons. The third-order valence-corrected chi connectivity index (χ3v) is 4.29. The molecule has 25 heavy (non-hydrogen) atoms. The second-order valence-electron chi connectivity index (χ2n) is 7.40. The molecule has 2 rings (SSSR count). The van der Waals surface area contributed by atoms with Gasteiger partial charge in [-0.05, 0) is 40.2 Å². The molecular weight excluding hydrogens is 322 g/mol. The van der Waals surface area contributed by atoms with Crippen molar-refractivity contribution in [3.63, 3.8) is 0 Å². The van der Waals surface area contributed by atoms with Crippen molar-refractivity contribution in [1.82, 2.24) is 5.32 Å². The zero-order valence-electron chi connectivity index (χ0n) is 15.3. The maximum Gasteiger partial charge on any atom is 0.408 e. The van der Waals surface area contributed by atoms with Crippen molar-refractivity contribution in [3.05, 3.63) is 35.4 Å². The van der Waals surface area contributed by atoms with E-state index in [0.29, 0.717) is 5.56 Å². The Labute approximate surface area is 147 Å². The molecule has 1 heterocycles. The van der Waals surface area contributed by atoms with Crippen molar-refractivity contribution >= 4 is 17.8 Å². The van der Waals surface area contributed by atoms with Gasteiger partial charge in [0.25, 0.3) is 0 Å². The van der Waals surface area contributed by atoms with Gasteiger partial charge in [0, 0.05) is 6.42 Å². The molecule has 6 heteroatoms. The lowest BCUT2D eigenvalue weighted by Crippen LogP contribution is -2.49. The largest absolute Gasteiger partial charge is 0.465 e. The van der Waals surface area contributed by atoms with Gasteiger partial charge in [0.05, 0.1) is 12.6 Å². The fourth-order valence-electron chi connectivity index (χ4n) is 3.00. The Hall–Kier alpha value is -2.37. The minimum absolute atomic E-state index is 0.150. The lowest BCUT2D eigenvalue weighted by molar-refractivity contribution is -0.152. The summed E-state index contributed by atoms with van der Waals surface area (Å²) in [6.45, 7) is 8.68. The average molecular weight is 347 g/mol. The van der Waals surface area contributed by atoms with E-state index in [9.17, 15) is 14.4 Å². The van der Waals surface area contributed by atoms with E-state index >= 15 is 0 Å². The van der Waals surface area contributed by atoms with E-state index in [-0.39, 0.29) is 18.8 Å². The number of hydrogen-bond acceptors (Lipinski definition) is 5.